The number of esters is 1. The lowest BCUT2D eigenvalue weighted by molar-refractivity contribution is -0.140. The zero-order chi connectivity index (χ0) is 17.7. The second kappa shape index (κ2) is 7.16. The maximum Gasteiger partial charge on any atom is 0.417 e. The Morgan fingerprint density at radius 2 is 1.79 bits per heavy atom. The minimum Gasteiger partial charge on any atom is -0.469 e. The highest BCUT2D eigenvalue weighted by atomic mass is 19.4. The largest absolute Gasteiger partial charge is 0.469 e. The Balaban J connectivity index is 2.22. The number of carbonyl (C=O) groups is 2. The van der Waals surface area contributed by atoms with E-state index in [1.54, 1.807) is 12.1 Å². The standard InChI is InChI=1S/C17H14F3NO3/c1-24-15(22)10-11-5-4-6-12(9-11)21-16(23)13-7-2-3-8-14(13)17(18,19)20/h2-9H,10H2,1H3,(H,21,23). The summed E-state index contributed by atoms with van der Waals surface area (Å²) in [5.41, 5.74) is -0.612. The monoisotopic (exact) mass is 337 g/mol. The molecule has 2 aromatic rings. The number of hydrogen-bond acceptors (Lipinski definition) is 3. The number of carbonyl (C=O) groups excluding carboxylic acids is 2. The molecule has 0 atom stereocenters. The summed E-state index contributed by atoms with van der Waals surface area (Å²) >= 11 is 0. The molecule has 1 N–H and O–H groups in total. The van der Waals surface area contributed by atoms with Crippen molar-refractivity contribution in [1.29, 1.82) is 0 Å². The van der Waals surface area contributed by atoms with Crippen molar-refractivity contribution in [3.05, 3.63) is 65.2 Å². The summed E-state index contributed by atoms with van der Waals surface area (Å²) in [4.78, 5) is 23.4. The van der Waals surface area contributed by atoms with Crippen LogP contribution in [0.3, 0.4) is 0 Å². The fraction of sp³-hybridized carbons (Fsp3) is 0.176. The third-order valence-electron chi connectivity index (χ3n) is 3.24. The van der Waals surface area contributed by atoms with Gasteiger partial charge in [0.05, 0.1) is 24.7 Å². The van der Waals surface area contributed by atoms with Gasteiger partial charge in [0.15, 0.2) is 0 Å². The number of alkyl halides is 3. The molecule has 0 aromatic heterocycles. The molecule has 0 radical (unpaired) electrons. The van der Waals surface area contributed by atoms with Crippen LogP contribution in [0.2, 0.25) is 0 Å². The van der Waals surface area contributed by atoms with E-state index in [9.17, 15) is 22.8 Å². The van der Waals surface area contributed by atoms with Crippen molar-refractivity contribution in [2.75, 3.05) is 12.4 Å². The molecule has 126 valence electrons. The molecule has 0 bridgehead atoms. The Morgan fingerprint density at radius 1 is 1.08 bits per heavy atom. The van der Waals surface area contributed by atoms with Gasteiger partial charge in [-0.15, -0.1) is 0 Å². The topological polar surface area (TPSA) is 55.4 Å². The predicted octanol–water partition coefficient (Wildman–Crippen LogP) is 3.67. The van der Waals surface area contributed by atoms with Crippen LogP contribution < -0.4 is 5.32 Å². The summed E-state index contributed by atoms with van der Waals surface area (Å²) in [5.74, 6) is -1.33. The van der Waals surface area contributed by atoms with E-state index in [1.807, 2.05) is 0 Å². The molecule has 2 aromatic carbocycles. The minimum absolute atomic E-state index is 0.000646. The average Bonchev–Trinajstić information content (AvgIpc) is 2.54. The van der Waals surface area contributed by atoms with Crippen LogP contribution in [0.15, 0.2) is 48.5 Å². The summed E-state index contributed by atoms with van der Waals surface area (Å²) in [6, 6.07) is 10.8. The first-order chi connectivity index (χ1) is 11.3. The zero-order valence-corrected chi connectivity index (χ0v) is 12.7. The summed E-state index contributed by atoms with van der Waals surface area (Å²) in [6.07, 6.45) is -4.62. The molecule has 0 aliphatic heterocycles. The number of nitrogens with one attached hydrogen (secondary N) is 1. The van der Waals surface area contributed by atoms with E-state index >= 15 is 0 Å². The fourth-order valence-electron chi connectivity index (χ4n) is 2.12. The van der Waals surface area contributed by atoms with Crippen LogP contribution >= 0.6 is 0 Å². The molecule has 0 aliphatic rings. The van der Waals surface area contributed by atoms with Crippen LogP contribution in [0.1, 0.15) is 21.5 Å². The highest BCUT2D eigenvalue weighted by Crippen LogP contribution is 2.32. The third kappa shape index (κ3) is 4.34. The molecule has 0 heterocycles. The molecule has 0 unspecified atom stereocenters. The first-order valence-corrected chi connectivity index (χ1v) is 6.94. The number of halogens is 3. The Bertz CT molecular complexity index is 757. The maximum atomic E-state index is 13.0. The summed E-state index contributed by atoms with van der Waals surface area (Å²) in [7, 11) is 1.25. The number of ether oxygens (including phenoxy) is 1. The van der Waals surface area contributed by atoms with Crippen molar-refractivity contribution < 1.29 is 27.5 Å². The van der Waals surface area contributed by atoms with Crippen LogP contribution in [-0.2, 0) is 22.1 Å². The van der Waals surface area contributed by atoms with E-state index in [2.05, 4.69) is 10.1 Å². The van der Waals surface area contributed by atoms with Crippen LogP contribution in [0.25, 0.3) is 0 Å². The molecule has 1 amide bonds. The first kappa shape index (κ1) is 17.5. The van der Waals surface area contributed by atoms with Gasteiger partial charge in [0.1, 0.15) is 0 Å². The van der Waals surface area contributed by atoms with Crippen molar-refractivity contribution in [3.63, 3.8) is 0 Å². The van der Waals surface area contributed by atoms with Crippen LogP contribution in [0.5, 0.6) is 0 Å². The van der Waals surface area contributed by atoms with Gasteiger partial charge >= 0.3 is 12.1 Å². The number of rotatable bonds is 4. The second-order valence-corrected chi connectivity index (χ2v) is 4.95. The molecule has 0 saturated carbocycles. The van der Waals surface area contributed by atoms with Gasteiger partial charge in [0, 0.05) is 5.69 Å². The number of hydrogen-bond donors (Lipinski definition) is 1. The SMILES string of the molecule is COC(=O)Cc1cccc(NC(=O)c2ccccc2C(F)(F)F)c1. The van der Waals surface area contributed by atoms with Gasteiger partial charge in [-0.1, -0.05) is 24.3 Å². The number of methoxy groups -OCH3 is 1. The van der Waals surface area contributed by atoms with Gasteiger partial charge in [-0.3, -0.25) is 9.59 Å². The quantitative estimate of drug-likeness (QED) is 0.866. The lowest BCUT2D eigenvalue weighted by atomic mass is 10.1. The highest BCUT2D eigenvalue weighted by molar-refractivity contribution is 6.05. The van der Waals surface area contributed by atoms with Crippen molar-refractivity contribution in [1.82, 2.24) is 0 Å². The first-order valence-electron chi connectivity index (χ1n) is 6.94. The molecular formula is C17H14F3NO3. The molecule has 0 aliphatic carbocycles. The van der Waals surface area contributed by atoms with E-state index in [4.69, 9.17) is 0 Å². The molecule has 7 heteroatoms. The van der Waals surface area contributed by atoms with E-state index in [0.29, 0.717) is 11.3 Å². The van der Waals surface area contributed by atoms with Crippen molar-refractivity contribution >= 4 is 17.6 Å². The second-order valence-electron chi connectivity index (χ2n) is 4.95. The summed E-state index contributed by atoms with van der Waals surface area (Å²) < 4.78 is 43.4. The van der Waals surface area contributed by atoms with E-state index in [-0.39, 0.29) is 6.42 Å². The lowest BCUT2D eigenvalue weighted by Crippen LogP contribution is -2.18. The molecule has 2 rings (SSSR count). The Hall–Kier alpha value is -2.83. The lowest BCUT2D eigenvalue weighted by Gasteiger charge is -2.13. The van der Waals surface area contributed by atoms with E-state index < -0.39 is 29.2 Å². The van der Waals surface area contributed by atoms with Gasteiger partial charge in [0.2, 0.25) is 0 Å². The van der Waals surface area contributed by atoms with Gasteiger partial charge < -0.3 is 10.1 Å². The smallest absolute Gasteiger partial charge is 0.417 e. The van der Waals surface area contributed by atoms with Gasteiger partial charge in [0.25, 0.3) is 5.91 Å². The van der Waals surface area contributed by atoms with Gasteiger partial charge in [-0.2, -0.15) is 13.2 Å². The summed E-state index contributed by atoms with van der Waals surface area (Å²) in [5, 5.41) is 2.41. The maximum absolute atomic E-state index is 13.0. The minimum atomic E-state index is -4.62. The predicted molar refractivity (Wildman–Crippen MR) is 81.6 cm³/mol. The van der Waals surface area contributed by atoms with E-state index in [0.717, 1.165) is 12.1 Å². The normalized spacial score (nSPS) is 11.0. The molecule has 0 fully saturated rings. The van der Waals surface area contributed by atoms with Crippen molar-refractivity contribution in [2.24, 2.45) is 0 Å². The molecular weight excluding hydrogens is 323 g/mol. The molecule has 24 heavy (non-hydrogen) atoms. The zero-order valence-electron chi connectivity index (χ0n) is 12.7. The Morgan fingerprint density at radius 3 is 2.46 bits per heavy atom. The molecule has 4 nitrogen and oxygen atoms in total. The summed E-state index contributed by atoms with van der Waals surface area (Å²) in [6.45, 7) is 0. The van der Waals surface area contributed by atoms with Crippen LogP contribution in [-0.4, -0.2) is 19.0 Å². The van der Waals surface area contributed by atoms with E-state index in [1.165, 1.54) is 31.4 Å². The van der Waals surface area contributed by atoms with Crippen LogP contribution in [0, 0.1) is 0 Å². The van der Waals surface area contributed by atoms with Crippen molar-refractivity contribution in [2.45, 2.75) is 12.6 Å². The van der Waals surface area contributed by atoms with Crippen molar-refractivity contribution in [3.8, 4) is 0 Å². The number of anilines is 1. The third-order valence-corrected chi connectivity index (χ3v) is 3.24. The van der Waals surface area contributed by atoms with Crippen LogP contribution in [0.4, 0.5) is 18.9 Å². The van der Waals surface area contributed by atoms with Gasteiger partial charge in [-0.05, 0) is 29.8 Å². The number of amides is 1. The average molecular weight is 337 g/mol. The Kier molecular flexibility index (Phi) is 5.23. The Labute approximate surface area is 136 Å². The number of benzene rings is 2. The molecule has 0 saturated heterocycles. The highest BCUT2D eigenvalue weighted by Gasteiger charge is 2.34. The van der Waals surface area contributed by atoms with Gasteiger partial charge in [-0.25, -0.2) is 0 Å². The molecule has 0 spiro atoms. The fourth-order valence-corrected chi connectivity index (χ4v) is 2.12.